The van der Waals surface area contributed by atoms with Crippen molar-refractivity contribution in [3.63, 3.8) is 0 Å². The van der Waals surface area contributed by atoms with Gasteiger partial charge in [0.1, 0.15) is 17.6 Å². The number of nitriles is 1. The number of halogens is 3. The van der Waals surface area contributed by atoms with Gasteiger partial charge in [-0.3, -0.25) is 0 Å². The number of hydrogen-bond donors (Lipinski definition) is 1. The minimum absolute atomic E-state index is 0.0185. The molecule has 0 aliphatic heterocycles. The van der Waals surface area contributed by atoms with Crippen molar-refractivity contribution in [2.75, 3.05) is 5.32 Å². The van der Waals surface area contributed by atoms with Gasteiger partial charge in [-0.25, -0.2) is 4.39 Å². The molecule has 0 atom stereocenters. The Balaban J connectivity index is 1.98. The Kier molecular flexibility index (Phi) is 4.67. The molecule has 0 aliphatic rings. The molecule has 0 fully saturated rings. The zero-order chi connectivity index (χ0) is 15.2. The molecule has 0 bridgehead atoms. The molecule has 0 radical (unpaired) electrons. The van der Waals surface area contributed by atoms with Gasteiger partial charge in [0.15, 0.2) is 0 Å². The Morgan fingerprint density at radius 3 is 2.48 bits per heavy atom. The van der Waals surface area contributed by atoms with Gasteiger partial charge in [0.05, 0.1) is 5.56 Å². The number of nitrogens with one attached hydrogen (secondary N) is 1. The first-order valence-electron chi connectivity index (χ1n) is 6.06. The molecule has 2 aromatic rings. The second-order valence-corrected chi connectivity index (χ2v) is 4.18. The minimum Gasteiger partial charge on any atom is -0.435 e. The van der Waals surface area contributed by atoms with Crippen LogP contribution in [0.5, 0.6) is 5.75 Å². The van der Waals surface area contributed by atoms with E-state index < -0.39 is 12.4 Å². The molecule has 0 saturated carbocycles. The first kappa shape index (κ1) is 14.7. The summed E-state index contributed by atoms with van der Waals surface area (Å²) >= 11 is 0. The Bertz CT molecular complexity index is 651. The third-order valence-electron chi connectivity index (χ3n) is 2.73. The van der Waals surface area contributed by atoms with Crippen LogP contribution in [0.1, 0.15) is 11.1 Å². The molecule has 0 aromatic heterocycles. The van der Waals surface area contributed by atoms with E-state index in [-0.39, 0.29) is 11.3 Å². The summed E-state index contributed by atoms with van der Waals surface area (Å²) in [4.78, 5) is 0. The molecule has 0 aliphatic carbocycles. The summed E-state index contributed by atoms with van der Waals surface area (Å²) in [5, 5.41) is 11.8. The summed E-state index contributed by atoms with van der Waals surface area (Å²) in [6.07, 6.45) is 0. The highest BCUT2D eigenvalue weighted by Crippen LogP contribution is 2.18. The number of ether oxygens (including phenoxy) is 1. The number of hydrogen-bond acceptors (Lipinski definition) is 3. The van der Waals surface area contributed by atoms with Crippen LogP contribution in [0.4, 0.5) is 18.9 Å². The Morgan fingerprint density at radius 2 is 1.86 bits per heavy atom. The van der Waals surface area contributed by atoms with Crippen molar-refractivity contribution in [1.29, 1.82) is 5.26 Å². The highest BCUT2D eigenvalue weighted by Gasteiger charge is 2.05. The predicted molar refractivity (Wildman–Crippen MR) is 71.5 cm³/mol. The van der Waals surface area contributed by atoms with Gasteiger partial charge in [-0.1, -0.05) is 6.07 Å². The lowest BCUT2D eigenvalue weighted by Gasteiger charge is -2.09. The molecule has 108 valence electrons. The van der Waals surface area contributed by atoms with Gasteiger partial charge in [-0.05, 0) is 42.0 Å². The molecule has 0 spiro atoms. The summed E-state index contributed by atoms with van der Waals surface area (Å²) in [6, 6.07) is 12.0. The smallest absolute Gasteiger partial charge is 0.387 e. The molecule has 1 N–H and O–H groups in total. The normalized spacial score (nSPS) is 10.2. The average Bonchev–Trinajstić information content (AvgIpc) is 2.47. The van der Waals surface area contributed by atoms with Crippen LogP contribution in [0, 0.1) is 17.1 Å². The molecule has 0 amide bonds. The highest BCUT2D eigenvalue weighted by molar-refractivity contribution is 5.47. The van der Waals surface area contributed by atoms with E-state index in [2.05, 4.69) is 10.1 Å². The summed E-state index contributed by atoms with van der Waals surface area (Å²) in [5.41, 5.74) is 1.41. The lowest BCUT2D eigenvalue weighted by molar-refractivity contribution is -0.0498. The second kappa shape index (κ2) is 6.66. The lowest BCUT2D eigenvalue weighted by atomic mass is 10.1. The van der Waals surface area contributed by atoms with Gasteiger partial charge in [-0.2, -0.15) is 14.0 Å². The van der Waals surface area contributed by atoms with Crippen LogP contribution < -0.4 is 10.1 Å². The van der Waals surface area contributed by atoms with Crippen molar-refractivity contribution < 1.29 is 17.9 Å². The van der Waals surface area contributed by atoms with Gasteiger partial charge in [0, 0.05) is 12.2 Å². The Hall–Kier alpha value is -2.68. The van der Waals surface area contributed by atoms with Crippen LogP contribution in [0.3, 0.4) is 0 Å². The fourth-order valence-electron chi connectivity index (χ4n) is 1.73. The molecule has 3 nitrogen and oxygen atoms in total. The van der Waals surface area contributed by atoms with E-state index >= 15 is 0 Å². The summed E-state index contributed by atoms with van der Waals surface area (Å²) in [5.74, 6) is -0.487. The first-order valence-corrected chi connectivity index (χ1v) is 6.06. The first-order chi connectivity index (χ1) is 10.1. The van der Waals surface area contributed by atoms with Gasteiger partial charge in [-0.15, -0.1) is 0 Å². The van der Waals surface area contributed by atoms with Crippen LogP contribution in [0.15, 0.2) is 42.5 Å². The maximum atomic E-state index is 13.2. The van der Waals surface area contributed by atoms with E-state index in [0.717, 1.165) is 5.56 Å². The largest absolute Gasteiger partial charge is 0.435 e. The van der Waals surface area contributed by atoms with E-state index in [1.54, 1.807) is 24.3 Å². The molecule has 0 heterocycles. The monoisotopic (exact) mass is 292 g/mol. The maximum Gasteiger partial charge on any atom is 0.387 e. The number of alkyl halides is 2. The van der Waals surface area contributed by atoms with Gasteiger partial charge in [0.25, 0.3) is 0 Å². The SMILES string of the molecule is N#Cc1cc(CNc2ccc(OC(F)F)cc2)ccc1F. The molecular formula is C15H11F3N2O. The maximum absolute atomic E-state index is 13.2. The van der Waals surface area contributed by atoms with Crippen LogP contribution in [0.25, 0.3) is 0 Å². The fraction of sp³-hybridized carbons (Fsp3) is 0.133. The van der Waals surface area contributed by atoms with E-state index in [1.807, 2.05) is 0 Å². The Labute approximate surface area is 119 Å². The zero-order valence-corrected chi connectivity index (χ0v) is 10.8. The summed E-state index contributed by atoms with van der Waals surface area (Å²) in [7, 11) is 0. The van der Waals surface area contributed by atoms with Gasteiger partial charge >= 0.3 is 6.61 Å². The topological polar surface area (TPSA) is 45.0 Å². The van der Waals surface area contributed by atoms with Crippen LogP contribution in [-0.2, 0) is 6.54 Å². The fourth-order valence-corrected chi connectivity index (χ4v) is 1.73. The Morgan fingerprint density at radius 1 is 1.14 bits per heavy atom. The lowest BCUT2D eigenvalue weighted by Crippen LogP contribution is -2.03. The predicted octanol–water partition coefficient (Wildman–Crippen LogP) is 3.91. The quantitative estimate of drug-likeness (QED) is 0.908. The molecule has 2 rings (SSSR count). The molecule has 21 heavy (non-hydrogen) atoms. The van der Waals surface area contributed by atoms with Crippen LogP contribution in [0.2, 0.25) is 0 Å². The van der Waals surface area contributed by atoms with Crippen LogP contribution in [-0.4, -0.2) is 6.61 Å². The van der Waals surface area contributed by atoms with E-state index in [0.29, 0.717) is 12.2 Å². The second-order valence-electron chi connectivity index (χ2n) is 4.18. The molecular weight excluding hydrogens is 281 g/mol. The van der Waals surface area contributed by atoms with Crippen LogP contribution >= 0.6 is 0 Å². The summed E-state index contributed by atoms with van der Waals surface area (Å²) < 4.78 is 41.4. The van der Waals surface area contributed by atoms with Crippen molar-refractivity contribution in [3.05, 3.63) is 59.4 Å². The molecule has 0 unspecified atom stereocenters. The third kappa shape index (κ3) is 4.14. The summed E-state index contributed by atoms with van der Waals surface area (Å²) in [6.45, 7) is -2.48. The van der Waals surface area contributed by atoms with Crippen molar-refractivity contribution >= 4 is 5.69 Å². The standard InChI is InChI=1S/C15H11F3N2O/c16-14-6-1-10(7-11(14)8-19)9-20-12-2-4-13(5-3-12)21-15(17)18/h1-7,15,20H,9H2. The van der Waals surface area contributed by atoms with Crippen molar-refractivity contribution in [1.82, 2.24) is 0 Å². The number of rotatable bonds is 5. The average molecular weight is 292 g/mol. The molecule has 2 aromatic carbocycles. The van der Waals surface area contributed by atoms with Gasteiger partial charge in [0.2, 0.25) is 0 Å². The van der Waals surface area contributed by atoms with Crippen molar-refractivity contribution in [2.24, 2.45) is 0 Å². The van der Waals surface area contributed by atoms with Crippen molar-refractivity contribution in [3.8, 4) is 11.8 Å². The van der Waals surface area contributed by atoms with E-state index in [9.17, 15) is 13.2 Å². The third-order valence-corrected chi connectivity index (χ3v) is 2.73. The number of anilines is 1. The van der Waals surface area contributed by atoms with E-state index in [4.69, 9.17) is 5.26 Å². The number of benzene rings is 2. The van der Waals surface area contributed by atoms with Crippen molar-refractivity contribution in [2.45, 2.75) is 13.2 Å². The minimum atomic E-state index is -2.85. The molecule has 0 saturated heterocycles. The van der Waals surface area contributed by atoms with Gasteiger partial charge < -0.3 is 10.1 Å². The number of nitrogens with zero attached hydrogens (tertiary/aromatic N) is 1. The highest BCUT2D eigenvalue weighted by atomic mass is 19.3. The molecule has 6 heteroatoms. The van der Waals surface area contributed by atoms with E-state index in [1.165, 1.54) is 24.3 Å². The zero-order valence-electron chi connectivity index (χ0n) is 10.8.